The molecule has 1 aromatic rings. The Bertz CT molecular complexity index is 501. The molecule has 1 fully saturated rings. The summed E-state index contributed by atoms with van der Waals surface area (Å²) in [5, 5.41) is 6.85. The van der Waals surface area contributed by atoms with Crippen molar-refractivity contribution >= 4 is 18.3 Å². The smallest absolute Gasteiger partial charge is 0.237 e. The molecule has 24 heavy (non-hydrogen) atoms. The normalized spacial score (nSPS) is 18.7. The highest BCUT2D eigenvalue weighted by Crippen LogP contribution is 2.31. The van der Waals surface area contributed by atoms with Crippen molar-refractivity contribution in [3.05, 3.63) is 35.9 Å². The van der Waals surface area contributed by atoms with E-state index in [0.717, 1.165) is 12.8 Å². The molecule has 0 saturated heterocycles. The third-order valence-corrected chi connectivity index (χ3v) is 5.00. The SMILES string of the molecule is CC(NC1(CNC(=O)[C@@H](N)C(C)C)CCCC1)c1ccccc1.Cl. The predicted molar refractivity (Wildman–Crippen MR) is 102 cm³/mol. The molecule has 0 aliphatic heterocycles. The van der Waals surface area contributed by atoms with Crippen LogP contribution in [-0.4, -0.2) is 24.0 Å². The molecular formula is C19H32ClN3O. The molecule has 0 bridgehead atoms. The second kappa shape index (κ2) is 9.40. The quantitative estimate of drug-likeness (QED) is 0.705. The van der Waals surface area contributed by atoms with Gasteiger partial charge in [0, 0.05) is 18.1 Å². The number of halogens is 1. The second-order valence-electron chi connectivity index (χ2n) is 7.25. The van der Waals surface area contributed by atoms with Gasteiger partial charge in [-0.05, 0) is 31.2 Å². The molecule has 1 aromatic carbocycles. The Balaban J connectivity index is 0.00000288. The minimum absolute atomic E-state index is 0. The standard InChI is InChI=1S/C19H31N3O.ClH/c1-14(2)17(20)18(23)21-13-19(11-7-8-12-19)22-15(3)16-9-5-4-6-10-16;/h4-6,9-10,14-15,17,22H,7-8,11-13,20H2,1-3H3,(H,21,23);1H/t15?,17-;/m0./s1. The third kappa shape index (κ3) is 5.47. The molecule has 136 valence electrons. The van der Waals surface area contributed by atoms with E-state index in [1.54, 1.807) is 0 Å². The zero-order valence-electron chi connectivity index (χ0n) is 15.0. The monoisotopic (exact) mass is 353 g/mol. The molecule has 0 spiro atoms. The van der Waals surface area contributed by atoms with Crippen LogP contribution in [0.25, 0.3) is 0 Å². The van der Waals surface area contributed by atoms with Crippen LogP contribution >= 0.6 is 12.4 Å². The predicted octanol–water partition coefficient (Wildman–Crippen LogP) is 3.17. The minimum Gasteiger partial charge on any atom is -0.353 e. The zero-order chi connectivity index (χ0) is 16.9. The van der Waals surface area contributed by atoms with Crippen molar-refractivity contribution in [3.8, 4) is 0 Å². The second-order valence-corrected chi connectivity index (χ2v) is 7.25. The summed E-state index contributed by atoms with van der Waals surface area (Å²) in [5.41, 5.74) is 7.22. The lowest BCUT2D eigenvalue weighted by atomic mass is 9.94. The Hall–Kier alpha value is -1.10. The summed E-state index contributed by atoms with van der Waals surface area (Å²) in [6, 6.07) is 10.3. The van der Waals surface area contributed by atoms with Gasteiger partial charge in [0.25, 0.3) is 0 Å². The number of nitrogens with one attached hydrogen (secondary N) is 2. The molecule has 1 aliphatic carbocycles. The van der Waals surface area contributed by atoms with Gasteiger partial charge in [0.15, 0.2) is 0 Å². The summed E-state index contributed by atoms with van der Waals surface area (Å²) >= 11 is 0. The molecule has 4 N–H and O–H groups in total. The van der Waals surface area contributed by atoms with Crippen LogP contribution in [0.15, 0.2) is 30.3 Å². The molecule has 1 saturated carbocycles. The van der Waals surface area contributed by atoms with E-state index in [1.165, 1.54) is 18.4 Å². The summed E-state index contributed by atoms with van der Waals surface area (Å²) in [4.78, 5) is 12.2. The van der Waals surface area contributed by atoms with Crippen molar-refractivity contribution in [1.82, 2.24) is 10.6 Å². The fourth-order valence-corrected chi connectivity index (χ4v) is 3.39. The molecule has 4 nitrogen and oxygen atoms in total. The van der Waals surface area contributed by atoms with E-state index in [0.29, 0.717) is 6.54 Å². The number of carbonyl (C=O) groups is 1. The first-order chi connectivity index (χ1) is 10.9. The maximum absolute atomic E-state index is 12.2. The molecule has 0 heterocycles. The number of hydrogen-bond acceptors (Lipinski definition) is 3. The van der Waals surface area contributed by atoms with E-state index in [4.69, 9.17) is 5.73 Å². The van der Waals surface area contributed by atoms with E-state index < -0.39 is 6.04 Å². The van der Waals surface area contributed by atoms with E-state index in [9.17, 15) is 4.79 Å². The van der Waals surface area contributed by atoms with E-state index >= 15 is 0 Å². The summed E-state index contributed by atoms with van der Waals surface area (Å²) in [6.07, 6.45) is 4.62. The van der Waals surface area contributed by atoms with Crippen molar-refractivity contribution in [2.24, 2.45) is 11.7 Å². The van der Waals surface area contributed by atoms with Gasteiger partial charge in [0.2, 0.25) is 5.91 Å². The van der Waals surface area contributed by atoms with Gasteiger partial charge in [0.05, 0.1) is 6.04 Å². The van der Waals surface area contributed by atoms with Gasteiger partial charge in [-0.15, -0.1) is 12.4 Å². The van der Waals surface area contributed by atoms with Crippen LogP contribution in [0.3, 0.4) is 0 Å². The lowest BCUT2D eigenvalue weighted by Gasteiger charge is -2.35. The highest BCUT2D eigenvalue weighted by Gasteiger charge is 2.35. The van der Waals surface area contributed by atoms with Gasteiger partial charge in [-0.25, -0.2) is 0 Å². The van der Waals surface area contributed by atoms with Crippen molar-refractivity contribution in [2.45, 2.75) is 64.1 Å². The first-order valence-corrected chi connectivity index (χ1v) is 8.79. The Kier molecular flexibility index (Phi) is 8.20. The van der Waals surface area contributed by atoms with Gasteiger partial charge < -0.3 is 16.4 Å². The maximum atomic E-state index is 12.2. The first kappa shape index (κ1) is 20.9. The molecule has 1 unspecified atom stereocenters. The minimum atomic E-state index is -0.431. The van der Waals surface area contributed by atoms with Crippen molar-refractivity contribution < 1.29 is 4.79 Å². The topological polar surface area (TPSA) is 67.1 Å². The van der Waals surface area contributed by atoms with Crippen LogP contribution < -0.4 is 16.4 Å². The van der Waals surface area contributed by atoms with Gasteiger partial charge in [-0.2, -0.15) is 0 Å². The van der Waals surface area contributed by atoms with E-state index in [2.05, 4.69) is 41.8 Å². The summed E-state index contributed by atoms with van der Waals surface area (Å²) < 4.78 is 0. The number of nitrogens with two attached hydrogens (primary N) is 1. The highest BCUT2D eigenvalue weighted by molar-refractivity contribution is 5.85. The molecule has 0 aromatic heterocycles. The van der Waals surface area contributed by atoms with Gasteiger partial charge in [0.1, 0.15) is 0 Å². The average Bonchev–Trinajstić information content (AvgIpc) is 3.01. The molecular weight excluding hydrogens is 322 g/mol. The van der Waals surface area contributed by atoms with Gasteiger partial charge in [-0.1, -0.05) is 57.0 Å². The molecule has 5 heteroatoms. The number of hydrogen-bond donors (Lipinski definition) is 3. The molecule has 1 aliphatic rings. The molecule has 2 rings (SSSR count). The first-order valence-electron chi connectivity index (χ1n) is 8.79. The molecule has 0 radical (unpaired) electrons. The summed E-state index contributed by atoms with van der Waals surface area (Å²) in [6.45, 7) is 6.80. The average molecular weight is 354 g/mol. The van der Waals surface area contributed by atoms with Gasteiger partial charge in [-0.3, -0.25) is 4.79 Å². The molecule has 1 amide bonds. The van der Waals surface area contributed by atoms with Crippen molar-refractivity contribution in [2.75, 3.05) is 6.54 Å². The zero-order valence-corrected chi connectivity index (χ0v) is 15.9. The van der Waals surface area contributed by atoms with Crippen LogP contribution in [0.4, 0.5) is 0 Å². The van der Waals surface area contributed by atoms with Gasteiger partial charge >= 0.3 is 0 Å². The van der Waals surface area contributed by atoms with Crippen LogP contribution in [0.5, 0.6) is 0 Å². The third-order valence-electron chi connectivity index (χ3n) is 5.00. The van der Waals surface area contributed by atoms with E-state index in [1.807, 2.05) is 19.9 Å². The fourth-order valence-electron chi connectivity index (χ4n) is 3.39. The van der Waals surface area contributed by atoms with E-state index in [-0.39, 0.29) is 35.8 Å². The summed E-state index contributed by atoms with van der Waals surface area (Å²) in [5.74, 6) is 0.117. The largest absolute Gasteiger partial charge is 0.353 e. The van der Waals surface area contributed by atoms with Crippen LogP contribution in [0.2, 0.25) is 0 Å². The van der Waals surface area contributed by atoms with Crippen molar-refractivity contribution in [3.63, 3.8) is 0 Å². The molecule has 2 atom stereocenters. The number of amides is 1. The fraction of sp³-hybridized carbons (Fsp3) is 0.632. The maximum Gasteiger partial charge on any atom is 0.237 e. The van der Waals surface area contributed by atoms with Crippen LogP contribution in [-0.2, 0) is 4.79 Å². The lowest BCUT2D eigenvalue weighted by molar-refractivity contribution is -0.123. The number of carbonyl (C=O) groups excluding carboxylic acids is 1. The Labute approximate surface area is 152 Å². The Morgan fingerprint density at radius 3 is 2.29 bits per heavy atom. The Morgan fingerprint density at radius 1 is 1.17 bits per heavy atom. The Morgan fingerprint density at radius 2 is 1.75 bits per heavy atom. The number of benzene rings is 1. The lowest BCUT2D eigenvalue weighted by Crippen LogP contribution is -2.55. The van der Waals surface area contributed by atoms with Crippen LogP contribution in [0.1, 0.15) is 58.1 Å². The van der Waals surface area contributed by atoms with Crippen LogP contribution in [0, 0.1) is 5.92 Å². The van der Waals surface area contributed by atoms with Crippen molar-refractivity contribution in [1.29, 1.82) is 0 Å². The highest BCUT2D eigenvalue weighted by atomic mass is 35.5. The number of rotatable bonds is 7. The summed E-state index contributed by atoms with van der Waals surface area (Å²) in [7, 11) is 0.